The van der Waals surface area contributed by atoms with Crippen molar-refractivity contribution in [2.45, 2.75) is 25.3 Å². The normalized spacial score (nSPS) is 22.1. The lowest BCUT2D eigenvalue weighted by Gasteiger charge is -2.35. The molecule has 2 fully saturated rings. The first-order valence-corrected chi connectivity index (χ1v) is 11.3. The van der Waals surface area contributed by atoms with Gasteiger partial charge in [-0.05, 0) is 37.4 Å². The van der Waals surface area contributed by atoms with Crippen molar-refractivity contribution in [3.8, 4) is 5.75 Å². The minimum Gasteiger partial charge on any atom is -0.496 e. The second-order valence-electron chi connectivity index (χ2n) is 7.33. The van der Waals surface area contributed by atoms with E-state index in [1.165, 1.54) is 16.1 Å². The average molecular weight is 396 g/mol. The van der Waals surface area contributed by atoms with Crippen molar-refractivity contribution in [1.29, 1.82) is 0 Å². The smallest absolute Gasteiger partial charge is 0.236 e. The van der Waals surface area contributed by atoms with Crippen LogP contribution >= 0.6 is 0 Å². The summed E-state index contributed by atoms with van der Waals surface area (Å²) >= 11 is 0. The molecular formula is C19H29N3O4S. The molecule has 1 aromatic rings. The molecule has 1 aromatic carbocycles. The Morgan fingerprint density at radius 1 is 1.15 bits per heavy atom. The number of nitrogens with zero attached hydrogens (tertiary/aromatic N) is 3. The molecule has 1 unspecified atom stereocenters. The summed E-state index contributed by atoms with van der Waals surface area (Å²) < 4.78 is 30.1. The third kappa shape index (κ3) is 5.00. The summed E-state index contributed by atoms with van der Waals surface area (Å²) in [7, 11) is -1.49. The van der Waals surface area contributed by atoms with Crippen molar-refractivity contribution in [3.63, 3.8) is 0 Å². The Bertz CT molecular complexity index is 760. The summed E-state index contributed by atoms with van der Waals surface area (Å²) in [6, 6.07) is 8.38. The van der Waals surface area contributed by atoms with Crippen LogP contribution in [0.3, 0.4) is 0 Å². The van der Waals surface area contributed by atoms with Gasteiger partial charge in [-0.1, -0.05) is 18.2 Å². The molecule has 0 radical (unpaired) electrons. The molecular weight excluding hydrogens is 366 g/mol. The molecule has 8 heteroatoms. The lowest BCUT2D eigenvalue weighted by atomic mass is 10.0. The van der Waals surface area contributed by atoms with Gasteiger partial charge in [0.05, 0.1) is 19.9 Å². The van der Waals surface area contributed by atoms with Crippen LogP contribution in [0.2, 0.25) is 0 Å². The highest BCUT2D eigenvalue weighted by molar-refractivity contribution is 7.88. The molecule has 27 heavy (non-hydrogen) atoms. The number of para-hydroxylation sites is 1. The lowest BCUT2D eigenvalue weighted by Crippen LogP contribution is -2.52. The highest BCUT2D eigenvalue weighted by Gasteiger charge is 2.31. The van der Waals surface area contributed by atoms with E-state index in [9.17, 15) is 13.2 Å². The van der Waals surface area contributed by atoms with E-state index in [1.54, 1.807) is 12.0 Å². The molecule has 2 heterocycles. The minimum atomic E-state index is -3.17. The summed E-state index contributed by atoms with van der Waals surface area (Å²) in [4.78, 5) is 16.8. The zero-order valence-corrected chi connectivity index (χ0v) is 17.0. The van der Waals surface area contributed by atoms with E-state index in [0.717, 1.165) is 31.6 Å². The van der Waals surface area contributed by atoms with Crippen LogP contribution in [-0.4, -0.2) is 87.1 Å². The van der Waals surface area contributed by atoms with Gasteiger partial charge in [-0.25, -0.2) is 8.42 Å². The van der Waals surface area contributed by atoms with Gasteiger partial charge < -0.3 is 9.64 Å². The van der Waals surface area contributed by atoms with Crippen LogP contribution in [0.4, 0.5) is 0 Å². The fourth-order valence-electron chi connectivity index (χ4n) is 4.00. The van der Waals surface area contributed by atoms with Crippen molar-refractivity contribution in [1.82, 2.24) is 14.1 Å². The minimum absolute atomic E-state index is 0.0927. The Morgan fingerprint density at radius 3 is 2.52 bits per heavy atom. The zero-order chi connectivity index (χ0) is 19.4. The number of sulfonamides is 1. The van der Waals surface area contributed by atoms with E-state index in [1.807, 2.05) is 18.2 Å². The quantitative estimate of drug-likeness (QED) is 0.713. The van der Waals surface area contributed by atoms with Crippen molar-refractivity contribution >= 4 is 15.9 Å². The highest BCUT2D eigenvalue weighted by Crippen LogP contribution is 2.26. The SMILES string of the molecule is COc1ccccc1CC1CCCN1CC(=O)N1CCN(S(C)(=O)=O)CC1. The molecule has 2 aliphatic heterocycles. The predicted octanol–water partition coefficient (Wildman–Crippen LogP) is 0.806. The monoisotopic (exact) mass is 395 g/mol. The Morgan fingerprint density at radius 2 is 1.85 bits per heavy atom. The molecule has 0 saturated carbocycles. The van der Waals surface area contributed by atoms with Gasteiger partial charge in [0.2, 0.25) is 15.9 Å². The van der Waals surface area contributed by atoms with Crippen molar-refractivity contribution < 1.29 is 17.9 Å². The predicted molar refractivity (Wildman–Crippen MR) is 104 cm³/mol. The van der Waals surface area contributed by atoms with Crippen LogP contribution in [0, 0.1) is 0 Å². The number of amides is 1. The number of hydrogen-bond acceptors (Lipinski definition) is 5. The van der Waals surface area contributed by atoms with Gasteiger partial charge >= 0.3 is 0 Å². The second kappa shape index (κ2) is 8.58. The van der Waals surface area contributed by atoms with Gasteiger partial charge in [0, 0.05) is 32.2 Å². The molecule has 2 saturated heterocycles. The Kier molecular flexibility index (Phi) is 6.39. The molecule has 2 aliphatic rings. The first-order chi connectivity index (χ1) is 12.9. The summed E-state index contributed by atoms with van der Waals surface area (Å²) in [5.74, 6) is 0.989. The van der Waals surface area contributed by atoms with Gasteiger partial charge in [0.15, 0.2) is 0 Å². The summed E-state index contributed by atoms with van der Waals surface area (Å²) in [6.07, 6.45) is 4.26. The number of methoxy groups -OCH3 is 1. The highest BCUT2D eigenvalue weighted by atomic mass is 32.2. The van der Waals surface area contributed by atoms with Gasteiger partial charge in [-0.2, -0.15) is 4.31 Å². The summed E-state index contributed by atoms with van der Waals surface area (Å²) in [6.45, 7) is 3.03. The molecule has 0 N–H and O–H groups in total. The van der Waals surface area contributed by atoms with Gasteiger partial charge in [-0.3, -0.25) is 9.69 Å². The van der Waals surface area contributed by atoms with Crippen molar-refractivity contribution in [2.24, 2.45) is 0 Å². The Hall–Kier alpha value is -1.64. The Balaban J connectivity index is 1.56. The van der Waals surface area contributed by atoms with Crippen molar-refractivity contribution in [3.05, 3.63) is 29.8 Å². The topological polar surface area (TPSA) is 70.2 Å². The van der Waals surface area contributed by atoms with Crippen LogP contribution < -0.4 is 4.74 Å². The first kappa shape index (κ1) is 20.1. The van der Waals surface area contributed by atoms with Crippen LogP contribution in [0.25, 0.3) is 0 Å². The van der Waals surface area contributed by atoms with Crippen LogP contribution in [0.15, 0.2) is 24.3 Å². The van der Waals surface area contributed by atoms with E-state index in [-0.39, 0.29) is 5.91 Å². The standard InChI is InChI=1S/C19H29N3O4S/c1-26-18-8-4-3-6-16(18)14-17-7-5-9-21(17)15-19(23)20-10-12-22(13-11-20)27(2,24)25/h3-4,6,8,17H,5,7,9-15H2,1-2H3. The fraction of sp³-hybridized carbons (Fsp3) is 0.632. The van der Waals surface area contributed by atoms with Crippen molar-refractivity contribution in [2.75, 3.05) is 52.6 Å². The van der Waals surface area contributed by atoms with E-state index in [0.29, 0.717) is 38.8 Å². The molecule has 0 aliphatic carbocycles. The van der Waals surface area contributed by atoms with Gasteiger partial charge in [0.1, 0.15) is 5.75 Å². The molecule has 3 rings (SSSR count). The van der Waals surface area contributed by atoms with E-state index >= 15 is 0 Å². The number of rotatable bonds is 6. The molecule has 0 aromatic heterocycles. The largest absolute Gasteiger partial charge is 0.496 e. The summed E-state index contributed by atoms with van der Waals surface area (Å²) in [5.41, 5.74) is 1.17. The molecule has 7 nitrogen and oxygen atoms in total. The van der Waals surface area contributed by atoms with Crippen LogP contribution in [0.5, 0.6) is 5.75 Å². The van der Waals surface area contributed by atoms with E-state index < -0.39 is 10.0 Å². The number of likely N-dealkylation sites (tertiary alicyclic amines) is 1. The number of ether oxygens (including phenoxy) is 1. The average Bonchev–Trinajstić information content (AvgIpc) is 3.08. The van der Waals surface area contributed by atoms with E-state index in [4.69, 9.17) is 4.74 Å². The maximum absolute atomic E-state index is 12.7. The maximum Gasteiger partial charge on any atom is 0.236 e. The van der Waals surface area contributed by atoms with E-state index in [2.05, 4.69) is 11.0 Å². The fourth-order valence-corrected chi connectivity index (χ4v) is 4.83. The molecule has 150 valence electrons. The molecule has 1 amide bonds. The number of carbonyl (C=O) groups excluding carboxylic acids is 1. The number of benzene rings is 1. The first-order valence-electron chi connectivity index (χ1n) is 9.47. The Labute approximate surface area is 161 Å². The second-order valence-corrected chi connectivity index (χ2v) is 9.31. The maximum atomic E-state index is 12.7. The third-order valence-corrected chi connectivity index (χ3v) is 6.85. The van der Waals surface area contributed by atoms with Crippen LogP contribution in [-0.2, 0) is 21.2 Å². The number of piperazine rings is 1. The molecule has 0 spiro atoms. The van der Waals surface area contributed by atoms with Gasteiger partial charge in [0.25, 0.3) is 0 Å². The number of carbonyl (C=O) groups is 1. The van der Waals surface area contributed by atoms with Gasteiger partial charge in [-0.15, -0.1) is 0 Å². The third-order valence-electron chi connectivity index (χ3n) is 5.55. The summed E-state index contributed by atoms with van der Waals surface area (Å²) in [5, 5.41) is 0. The lowest BCUT2D eigenvalue weighted by molar-refractivity contribution is -0.133. The number of hydrogen-bond donors (Lipinski definition) is 0. The molecule has 0 bridgehead atoms. The zero-order valence-electron chi connectivity index (χ0n) is 16.1. The van der Waals surface area contributed by atoms with Crippen LogP contribution in [0.1, 0.15) is 18.4 Å². The molecule has 1 atom stereocenters.